The molecular weight excluding hydrogens is 200 g/mol. The summed E-state index contributed by atoms with van der Waals surface area (Å²) in [6.45, 7) is 7.11. The Morgan fingerprint density at radius 2 is 2.19 bits per heavy atom. The molecule has 0 amide bonds. The van der Waals surface area contributed by atoms with E-state index in [1.165, 1.54) is 32.2 Å². The third-order valence-corrected chi connectivity index (χ3v) is 4.40. The van der Waals surface area contributed by atoms with E-state index in [1.807, 2.05) is 0 Å². The summed E-state index contributed by atoms with van der Waals surface area (Å²) in [5.41, 5.74) is -0.0149. The average molecular weight is 226 g/mol. The Kier molecular flexibility index (Phi) is 3.88. The summed E-state index contributed by atoms with van der Waals surface area (Å²) in [7, 11) is 0. The van der Waals surface area contributed by atoms with Crippen molar-refractivity contribution in [3.63, 3.8) is 0 Å². The number of nitrogens with zero attached hydrogens (tertiary/aromatic N) is 1. The minimum Gasteiger partial charge on any atom is -0.394 e. The van der Waals surface area contributed by atoms with Crippen molar-refractivity contribution in [1.29, 1.82) is 0 Å². The molecule has 0 aromatic heterocycles. The van der Waals surface area contributed by atoms with Gasteiger partial charge in [0.1, 0.15) is 0 Å². The van der Waals surface area contributed by atoms with Crippen LogP contribution in [0.25, 0.3) is 0 Å². The largest absolute Gasteiger partial charge is 0.394 e. The fourth-order valence-electron chi connectivity index (χ4n) is 3.52. The van der Waals surface area contributed by atoms with Gasteiger partial charge in [0, 0.05) is 12.1 Å². The summed E-state index contributed by atoms with van der Waals surface area (Å²) in [5, 5.41) is 13.4. The van der Waals surface area contributed by atoms with Crippen LogP contribution in [-0.2, 0) is 0 Å². The second-order valence-corrected chi connectivity index (χ2v) is 5.69. The number of likely N-dealkylation sites (tertiary alicyclic amines) is 1. The molecule has 2 N–H and O–H groups in total. The Balaban J connectivity index is 2.12. The molecule has 0 spiro atoms. The minimum atomic E-state index is -0.0149. The number of piperidine rings is 1. The highest BCUT2D eigenvalue weighted by Crippen LogP contribution is 2.33. The number of aliphatic hydroxyl groups excluding tert-OH is 1. The Hall–Kier alpha value is -0.120. The highest BCUT2D eigenvalue weighted by molar-refractivity contribution is 5.04. The summed E-state index contributed by atoms with van der Waals surface area (Å²) in [6, 6.07) is 1.14. The lowest BCUT2D eigenvalue weighted by Crippen LogP contribution is -2.63. The van der Waals surface area contributed by atoms with Crippen molar-refractivity contribution in [2.45, 2.75) is 63.6 Å². The Labute approximate surface area is 99.2 Å². The van der Waals surface area contributed by atoms with E-state index in [0.29, 0.717) is 18.7 Å². The molecule has 2 fully saturated rings. The molecule has 16 heavy (non-hydrogen) atoms. The highest BCUT2D eigenvalue weighted by Gasteiger charge is 2.44. The van der Waals surface area contributed by atoms with Gasteiger partial charge in [-0.25, -0.2) is 0 Å². The second-order valence-electron chi connectivity index (χ2n) is 5.69. The molecule has 2 saturated heterocycles. The minimum absolute atomic E-state index is 0.0149. The first kappa shape index (κ1) is 12.3. The fraction of sp³-hybridized carbons (Fsp3) is 1.00. The van der Waals surface area contributed by atoms with Crippen LogP contribution in [-0.4, -0.2) is 47.3 Å². The smallest absolute Gasteiger partial charge is 0.0628 e. The van der Waals surface area contributed by atoms with Crippen molar-refractivity contribution in [2.75, 3.05) is 19.7 Å². The number of hydrogen-bond donors (Lipinski definition) is 2. The molecule has 0 bridgehead atoms. The third kappa shape index (κ3) is 2.13. The average Bonchev–Trinajstić information content (AvgIpc) is 2.79. The van der Waals surface area contributed by atoms with Crippen molar-refractivity contribution in [3.05, 3.63) is 0 Å². The maximum Gasteiger partial charge on any atom is 0.0628 e. The van der Waals surface area contributed by atoms with Crippen LogP contribution in [0.5, 0.6) is 0 Å². The summed E-state index contributed by atoms with van der Waals surface area (Å²) in [4.78, 5) is 2.58. The predicted molar refractivity (Wildman–Crippen MR) is 66.5 cm³/mol. The van der Waals surface area contributed by atoms with Crippen LogP contribution in [0.3, 0.4) is 0 Å². The highest BCUT2D eigenvalue weighted by atomic mass is 16.3. The molecule has 0 radical (unpaired) electrons. The molecule has 2 rings (SSSR count). The zero-order chi connectivity index (χ0) is 11.6. The molecule has 0 aliphatic carbocycles. The lowest BCUT2D eigenvalue weighted by Gasteiger charge is -2.46. The van der Waals surface area contributed by atoms with E-state index in [2.05, 4.69) is 24.1 Å². The van der Waals surface area contributed by atoms with Crippen molar-refractivity contribution < 1.29 is 5.11 Å². The Morgan fingerprint density at radius 1 is 1.38 bits per heavy atom. The first-order valence-corrected chi connectivity index (χ1v) is 6.81. The normalized spacial score (nSPS) is 37.1. The fourth-order valence-corrected chi connectivity index (χ4v) is 3.52. The molecule has 0 saturated carbocycles. The van der Waals surface area contributed by atoms with E-state index < -0.39 is 0 Å². The predicted octanol–water partition coefficient (Wildman–Crippen LogP) is 1.36. The molecule has 0 aromatic carbocycles. The van der Waals surface area contributed by atoms with Crippen molar-refractivity contribution in [1.82, 2.24) is 10.2 Å². The van der Waals surface area contributed by atoms with Gasteiger partial charge in [0.2, 0.25) is 0 Å². The molecule has 3 nitrogen and oxygen atoms in total. The molecule has 2 aliphatic heterocycles. The third-order valence-electron chi connectivity index (χ3n) is 4.40. The van der Waals surface area contributed by atoms with Crippen LogP contribution < -0.4 is 5.32 Å². The van der Waals surface area contributed by atoms with E-state index in [9.17, 15) is 5.11 Å². The second kappa shape index (κ2) is 5.03. The quantitative estimate of drug-likeness (QED) is 0.763. The molecule has 94 valence electrons. The summed E-state index contributed by atoms with van der Waals surface area (Å²) in [5.74, 6) is 0. The van der Waals surface area contributed by atoms with Gasteiger partial charge in [-0.05, 0) is 52.6 Å². The zero-order valence-corrected chi connectivity index (χ0v) is 10.7. The monoisotopic (exact) mass is 226 g/mol. The van der Waals surface area contributed by atoms with Gasteiger partial charge in [-0.15, -0.1) is 0 Å². The Morgan fingerprint density at radius 3 is 2.75 bits per heavy atom. The van der Waals surface area contributed by atoms with Gasteiger partial charge in [0.05, 0.1) is 12.1 Å². The van der Waals surface area contributed by atoms with Crippen LogP contribution in [0.15, 0.2) is 0 Å². The van der Waals surface area contributed by atoms with E-state index in [1.54, 1.807) is 0 Å². The first-order chi connectivity index (χ1) is 7.69. The molecule has 2 atom stereocenters. The molecule has 2 aliphatic rings. The lowest BCUT2D eigenvalue weighted by atomic mass is 9.81. The van der Waals surface area contributed by atoms with Crippen LogP contribution in [0.2, 0.25) is 0 Å². The maximum atomic E-state index is 9.81. The van der Waals surface area contributed by atoms with Gasteiger partial charge >= 0.3 is 0 Å². The van der Waals surface area contributed by atoms with Gasteiger partial charge in [-0.2, -0.15) is 0 Å². The van der Waals surface area contributed by atoms with Crippen molar-refractivity contribution >= 4 is 0 Å². The SMILES string of the molecule is CC(C)N1CCCC1C1(CO)CCCCN1. The first-order valence-electron chi connectivity index (χ1n) is 6.81. The number of aliphatic hydroxyl groups is 1. The molecular formula is C13H26N2O. The van der Waals surface area contributed by atoms with E-state index in [4.69, 9.17) is 0 Å². The summed E-state index contributed by atoms with van der Waals surface area (Å²) >= 11 is 0. The van der Waals surface area contributed by atoms with Crippen LogP contribution >= 0.6 is 0 Å². The zero-order valence-electron chi connectivity index (χ0n) is 10.7. The van der Waals surface area contributed by atoms with E-state index in [0.717, 1.165) is 13.0 Å². The van der Waals surface area contributed by atoms with Crippen molar-refractivity contribution in [2.24, 2.45) is 0 Å². The summed E-state index contributed by atoms with van der Waals surface area (Å²) < 4.78 is 0. The van der Waals surface area contributed by atoms with Crippen LogP contribution in [0.4, 0.5) is 0 Å². The van der Waals surface area contributed by atoms with Gasteiger partial charge in [-0.1, -0.05) is 6.42 Å². The van der Waals surface area contributed by atoms with Crippen LogP contribution in [0, 0.1) is 0 Å². The number of hydrogen-bond acceptors (Lipinski definition) is 3. The molecule has 0 aromatic rings. The van der Waals surface area contributed by atoms with Gasteiger partial charge < -0.3 is 10.4 Å². The van der Waals surface area contributed by atoms with Gasteiger partial charge in [-0.3, -0.25) is 4.90 Å². The van der Waals surface area contributed by atoms with Gasteiger partial charge in [0.25, 0.3) is 0 Å². The van der Waals surface area contributed by atoms with Gasteiger partial charge in [0.15, 0.2) is 0 Å². The van der Waals surface area contributed by atoms with Crippen LogP contribution in [0.1, 0.15) is 46.0 Å². The van der Waals surface area contributed by atoms with E-state index in [-0.39, 0.29) is 5.54 Å². The lowest BCUT2D eigenvalue weighted by molar-refractivity contribution is 0.0377. The number of nitrogens with one attached hydrogen (secondary N) is 1. The summed E-state index contributed by atoms with van der Waals surface area (Å²) in [6.07, 6.45) is 6.18. The molecule has 3 heteroatoms. The maximum absolute atomic E-state index is 9.81. The standard InChI is InChI=1S/C13H26N2O/c1-11(2)15-9-5-6-12(15)13(10-16)7-3-4-8-14-13/h11-12,14,16H,3-10H2,1-2H3. The van der Waals surface area contributed by atoms with E-state index >= 15 is 0 Å². The molecule has 2 unspecified atom stereocenters. The van der Waals surface area contributed by atoms with Crippen molar-refractivity contribution in [3.8, 4) is 0 Å². The topological polar surface area (TPSA) is 35.5 Å². The Bertz CT molecular complexity index is 224. The molecule has 2 heterocycles. The number of rotatable bonds is 3.